The zero-order chi connectivity index (χ0) is 14.8. The normalized spacial score (nSPS) is 10.9. The van der Waals surface area contributed by atoms with E-state index in [1.165, 1.54) is 25.2 Å². The van der Waals surface area contributed by atoms with Crippen LogP contribution in [0.1, 0.15) is 0 Å². The molecule has 0 heterocycles. The van der Waals surface area contributed by atoms with Gasteiger partial charge in [0.1, 0.15) is 0 Å². The van der Waals surface area contributed by atoms with Gasteiger partial charge in [0.25, 0.3) is 0 Å². The topological polar surface area (TPSA) is 119 Å². The molecule has 0 aliphatic heterocycles. The van der Waals surface area contributed by atoms with Crippen molar-refractivity contribution >= 4 is 39.1 Å². The number of anilines is 1. The zero-order valence-electron chi connectivity index (χ0n) is 10.3. The smallest absolute Gasteiger partial charge is 0.351 e. The number of hydrogen-bond acceptors (Lipinski definition) is 3. The highest BCUT2D eigenvalue weighted by molar-refractivity contribution is 7.90. The van der Waals surface area contributed by atoms with Crippen molar-refractivity contribution in [2.75, 3.05) is 18.2 Å². The molecule has 7 nitrogen and oxygen atoms in total. The van der Waals surface area contributed by atoms with Gasteiger partial charge in [-0.15, -0.1) is 0 Å². The second kappa shape index (κ2) is 5.45. The first kappa shape index (κ1) is 15.3. The minimum Gasteiger partial charge on any atom is -0.370 e. The first-order valence-electron chi connectivity index (χ1n) is 5.00. The summed E-state index contributed by atoms with van der Waals surface area (Å²) in [7, 11) is -1.95. The molecule has 0 atom stereocenters. The molecule has 19 heavy (non-hydrogen) atoms. The minimum atomic E-state index is -3.36. The molecular formula is C10H13ClN4O3S. The van der Waals surface area contributed by atoms with Crippen molar-refractivity contribution in [3.05, 3.63) is 23.2 Å². The predicted molar refractivity (Wildman–Crippen MR) is 74.2 cm³/mol. The van der Waals surface area contributed by atoms with Gasteiger partial charge in [0.15, 0.2) is 15.8 Å². The largest absolute Gasteiger partial charge is 0.370 e. The van der Waals surface area contributed by atoms with Crippen molar-refractivity contribution in [2.24, 2.45) is 16.5 Å². The molecule has 4 N–H and O–H groups in total. The highest BCUT2D eigenvalue weighted by Crippen LogP contribution is 2.28. The van der Waals surface area contributed by atoms with Crippen LogP contribution in [-0.4, -0.2) is 33.7 Å². The number of nitrogens with zero attached hydrogens (tertiary/aromatic N) is 2. The average molecular weight is 305 g/mol. The fraction of sp³-hybridized carbons (Fsp3) is 0.200. The van der Waals surface area contributed by atoms with Crippen molar-refractivity contribution in [1.29, 1.82) is 0 Å². The van der Waals surface area contributed by atoms with Crippen LogP contribution in [0.25, 0.3) is 0 Å². The molecule has 2 amide bonds. The van der Waals surface area contributed by atoms with E-state index in [0.717, 1.165) is 11.2 Å². The number of guanidine groups is 1. The Balaban J connectivity index is 3.17. The van der Waals surface area contributed by atoms with E-state index in [1.54, 1.807) is 0 Å². The summed E-state index contributed by atoms with van der Waals surface area (Å²) in [5, 5.41) is 0.101. The number of carbonyl (C=O) groups is 1. The van der Waals surface area contributed by atoms with Gasteiger partial charge in [0, 0.05) is 13.3 Å². The summed E-state index contributed by atoms with van der Waals surface area (Å²) in [4.78, 5) is 16.1. The van der Waals surface area contributed by atoms with Crippen LogP contribution in [0.2, 0.25) is 5.02 Å². The maximum absolute atomic E-state index is 11.6. The molecule has 0 saturated carbocycles. The fourth-order valence-corrected chi connectivity index (χ4v) is 2.30. The van der Waals surface area contributed by atoms with E-state index in [-0.39, 0.29) is 15.9 Å². The van der Waals surface area contributed by atoms with E-state index in [9.17, 15) is 13.2 Å². The monoisotopic (exact) mass is 304 g/mol. The lowest BCUT2D eigenvalue weighted by molar-refractivity contribution is 0.255. The van der Waals surface area contributed by atoms with Crippen LogP contribution in [0.5, 0.6) is 0 Å². The summed E-state index contributed by atoms with van der Waals surface area (Å²) in [6, 6.07) is 3.29. The van der Waals surface area contributed by atoms with Gasteiger partial charge in [-0.3, -0.25) is 4.90 Å². The zero-order valence-corrected chi connectivity index (χ0v) is 11.9. The van der Waals surface area contributed by atoms with Gasteiger partial charge >= 0.3 is 6.03 Å². The molecule has 0 fully saturated rings. The number of rotatable bonds is 2. The Morgan fingerprint density at radius 2 is 1.95 bits per heavy atom. The van der Waals surface area contributed by atoms with Crippen LogP contribution in [0.15, 0.2) is 28.1 Å². The lowest BCUT2D eigenvalue weighted by Crippen LogP contribution is -2.30. The Hall–Kier alpha value is -1.80. The Labute approximate surface area is 115 Å². The Kier molecular flexibility index (Phi) is 4.38. The molecule has 104 valence electrons. The van der Waals surface area contributed by atoms with Crippen molar-refractivity contribution in [2.45, 2.75) is 4.90 Å². The van der Waals surface area contributed by atoms with Crippen molar-refractivity contribution < 1.29 is 13.2 Å². The molecule has 0 aliphatic carbocycles. The number of benzene rings is 1. The van der Waals surface area contributed by atoms with Crippen LogP contribution in [0.4, 0.5) is 10.5 Å². The van der Waals surface area contributed by atoms with Gasteiger partial charge in [-0.05, 0) is 18.2 Å². The Bertz CT molecular complexity index is 638. The summed E-state index contributed by atoms with van der Waals surface area (Å²) in [6.07, 6.45) is 1.06. The number of amides is 2. The van der Waals surface area contributed by atoms with Crippen LogP contribution in [0, 0.1) is 0 Å². The van der Waals surface area contributed by atoms with Crippen LogP contribution in [-0.2, 0) is 9.84 Å². The predicted octanol–water partition coefficient (Wildman–Crippen LogP) is 0.573. The maximum atomic E-state index is 11.6. The molecule has 0 saturated heterocycles. The molecular weight excluding hydrogens is 292 g/mol. The van der Waals surface area contributed by atoms with E-state index in [2.05, 4.69) is 4.99 Å². The van der Waals surface area contributed by atoms with E-state index in [0.29, 0.717) is 5.69 Å². The number of hydrogen-bond donors (Lipinski definition) is 2. The van der Waals surface area contributed by atoms with E-state index in [4.69, 9.17) is 23.1 Å². The third-order valence-corrected chi connectivity index (χ3v) is 3.63. The van der Waals surface area contributed by atoms with Crippen LogP contribution >= 0.6 is 11.6 Å². The number of aliphatic imine (C=N–C) groups is 1. The lowest BCUT2D eigenvalue weighted by Gasteiger charge is -2.16. The maximum Gasteiger partial charge on any atom is 0.351 e. The van der Waals surface area contributed by atoms with Gasteiger partial charge in [0.05, 0.1) is 15.6 Å². The highest BCUT2D eigenvalue weighted by Gasteiger charge is 2.16. The minimum absolute atomic E-state index is 0.0592. The number of sulfone groups is 1. The number of halogens is 1. The summed E-state index contributed by atoms with van der Waals surface area (Å²) in [5.74, 6) is -0.374. The van der Waals surface area contributed by atoms with Crippen LogP contribution in [0.3, 0.4) is 0 Å². The molecule has 1 aromatic carbocycles. The molecule has 0 aromatic heterocycles. The van der Waals surface area contributed by atoms with Gasteiger partial charge < -0.3 is 11.5 Å². The van der Waals surface area contributed by atoms with Crippen molar-refractivity contribution in [3.63, 3.8) is 0 Å². The highest BCUT2D eigenvalue weighted by atomic mass is 35.5. The first-order chi connectivity index (χ1) is 8.62. The lowest BCUT2D eigenvalue weighted by atomic mass is 10.3. The standard InChI is InChI=1S/C10H13ClN4O3S/c1-15(10(16)14-9(12)13)8-4-3-6(5-7(8)11)19(2,17)18/h3-5H,1-2H3,(H4,12,13,14,16). The second-order valence-corrected chi connectivity index (χ2v) is 6.19. The third-order valence-electron chi connectivity index (χ3n) is 2.22. The van der Waals surface area contributed by atoms with Crippen molar-refractivity contribution in [3.8, 4) is 0 Å². The molecule has 0 radical (unpaired) electrons. The van der Waals surface area contributed by atoms with Crippen LogP contribution < -0.4 is 16.4 Å². The molecule has 0 aliphatic rings. The van der Waals surface area contributed by atoms with Crippen molar-refractivity contribution in [1.82, 2.24) is 0 Å². The summed E-state index contributed by atoms with van der Waals surface area (Å²) >= 11 is 5.94. The van der Waals surface area contributed by atoms with Gasteiger partial charge in [0.2, 0.25) is 0 Å². The molecule has 0 bridgehead atoms. The van der Waals surface area contributed by atoms with E-state index < -0.39 is 15.9 Å². The molecule has 1 aromatic rings. The Morgan fingerprint density at radius 3 is 2.37 bits per heavy atom. The summed E-state index contributed by atoms with van der Waals surface area (Å²) in [6.45, 7) is 0. The van der Waals surface area contributed by atoms with Gasteiger partial charge in [-0.1, -0.05) is 11.6 Å². The number of nitrogens with two attached hydrogens (primary N) is 2. The summed E-state index contributed by atoms with van der Waals surface area (Å²) < 4.78 is 22.7. The summed E-state index contributed by atoms with van der Waals surface area (Å²) in [5.41, 5.74) is 10.5. The second-order valence-electron chi connectivity index (χ2n) is 3.76. The quantitative estimate of drug-likeness (QED) is 0.611. The number of urea groups is 1. The van der Waals surface area contributed by atoms with Gasteiger partial charge in [-0.25, -0.2) is 13.2 Å². The average Bonchev–Trinajstić information content (AvgIpc) is 2.25. The van der Waals surface area contributed by atoms with Gasteiger partial charge in [-0.2, -0.15) is 4.99 Å². The Morgan fingerprint density at radius 1 is 1.37 bits per heavy atom. The van der Waals surface area contributed by atoms with E-state index >= 15 is 0 Å². The molecule has 0 spiro atoms. The SMILES string of the molecule is CN(C(=O)N=C(N)N)c1ccc(S(C)(=O)=O)cc1Cl. The van der Waals surface area contributed by atoms with E-state index in [1.807, 2.05) is 0 Å². The molecule has 0 unspecified atom stereocenters. The molecule has 1 rings (SSSR count). The fourth-order valence-electron chi connectivity index (χ4n) is 1.28. The third kappa shape index (κ3) is 3.83. The molecule has 9 heteroatoms. The number of carbonyl (C=O) groups excluding carboxylic acids is 1. The first-order valence-corrected chi connectivity index (χ1v) is 7.27.